The Hall–Kier alpha value is -3.12. The highest BCUT2D eigenvalue weighted by Crippen LogP contribution is 2.16. The SMILES string of the molecule is CN=C(NCCN(C)Cc1ccccc1)N(C)Cc1ncc(-c2ccccc2)[nH]1. The lowest BCUT2D eigenvalue weighted by Gasteiger charge is -2.23. The van der Waals surface area contributed by atoms with Crippen LogP contribution in [0.15, 0.2) is 71.9 Å². The van der Waals surface area contributed by atoms with Crippen LogP contribution < -0.4 is 5.32 Å². The minimum Gasteiger partial charge on any atom is -0.355 e. The second-order valence-corrected chi connectivity index (χ2v) is 7.16. The molecule has 0 saturated heterocycles. The van der Waals surface area contributed by atoms with Crippen molar-refractivity contribution in [3.05, 3.63) is 78.2 Å². The first-order chi connectivity index (χ1) is 14.2. The molecule has 0 unspecified atom stereocenters. The maximum absolute atomic E-state index is 4.52. The van der Waals surface area contributed by atoms with Crippen molar-refractivity contribution in [1.29, 1.82) is 0 Å². The fraction of sp³-hybridized carbons (Fsp3) is 0.304. The molecule has 0 radical (unpaired) electrons. The summed E-state index contributed by atoms with van der Waals surface area (Å²) in [5.41, 5.74) is 3.49. The molecule has 1 aromatic heterocycles. The Morgan fingerprint density at radius 2 is 1.69 bits per heavy atom. The molecule has 3 rings (SSSR count). The topological polar surface area (TPSA) is 59.6 Å². The number of H-pyrrole nitrogens is 1. The van der Waals surface area contributed by atoms with Gasteiger partial charge in [0.25, 0.3) is 0 Å². The maximum Gasteiger partial charge on any atom is 0.193 e. The minimum absolute atomic E-state index is 0.659. The largest absolute Gasteiger partial charge is 0.355 e. The summed E-state index contributed by atoms with van der Waals surface area (Å²) in [6, 6.07) is 20.7. The summed E-state index contributed by atoms with van der Waals surface area (Å²) >= 11 is 0. The first-order valence-electron chi connectivity index (χ1n) is 9.89. The number of nitrogens with one attached hydrogen (secondary N) is 2. The van der Waals surface area contributed by atoms with E-state index in [2.05, 4.69) is 73.5 Å². The number of hydrogen-bond acceptors (Lipinski definition) is 3. The number of benzene rings is 2. The number of imidazole rings is 1. The van der Waals surface area contributed by atoms with Crippen molar-refractivity contribution in [3.8, 4) is 11.3 Å². The quantitative estimate of drug-likeness (QED) is 0.458. The molecule has 2 N–H and O–H groups in total. The van der Waals surface area contributed by atoms with Gasteiger partial charge in [-0.2, -0.15) is 0 Å². The van der Waals surface area contributed by atoms with E-state index in [-0.39, 0.29) is 0 Å². The Balaban J connectivity index is 1.47. The molecular weight excluding hydrogens is 360 g/mol. The van der Waals surface area contributed by atoms with Gasteiger partial charge in [0.2, 0.25) is 0 Å². The smallest absolute Gasteiger partial charge is 0.193 e. The van der Waals surface area contributed by atoms with Crippen LogP contribution in [0.4, 0.5) is 0 Å². The lowest BCUT2D eigenvalue weighted by atomic mass is 10.2. The average Bonchev–Trinajstić information content (AvgIpc) is 3.21. The molecule has 152 valence electrons. The number of nitrogens with zero attached hydrogens (tertiary/aromatic N) is 4. The average molecular weight is 391 g/mol. The van der Waals surface area contributed by atoms with Crippen LogP contribution in [0.3, 0.4) is 0 Å². The standard InChI is InChI=1S/C23H30N6/c1-24-23(25-14-15-28(2)17-19-10-6-4-7-11-19)29(3)18-22-26-16-21(27-22)20-12-8-5-9-13-20/h4-13,16H,14-15,17-18H2,1-3H3,(H,24,25)(H,26,27). The summed E-state index contributed by atoms with van der Waals surface area (Å²) < 4.78 is 0. The number of aliphatic imine (C=N–C) groups is 1. The number of aromatic nitrogens is 2. The van der Waals surface area contributed by atoms with E-state index in [9.17, 15) is 0 Å². The molecule has 0 saturated carbocycles. The molecule has 3 aromatic rings. The molecule has 1 heterocycles. The van der Waals surface area contributed by atoms with Gasteiger partial charge in [0.15, 0.2) is 5.96 Å². The predicted molar refractivity (Wildman–Crippen MR) is 120 cm³/mol. The van der Waals surface area contributed by atoms with Crippen LogP contribution in [0.5, 0.6) is 0 Å². The van der Waals surface area contributed by atoms with E-state index in [1.807, 2.05) is 44.6 Å². The van der Waals surface area contributed by atoms with Gasteiger partial charge in [0, 0.05) is 33.7 Å². The molecule has 6 heteroatoms. The van der Waals surface area contributed by atoms with Crippen molar-refractivity contribution in [2.45, 2.75) is 13.1 Å². The van der Waals surface area contributed by atoms with Crippen molar-refractivity contribution in [2.24, 2.45) is 4.99 Å². The highest BCUT2D eigenvalue weighted by atomic mass is 15.3. The third-order valence-electron chi connectivity index (χ3n) is 4.75. The van der Waals surface area contributed by atoms with Crippen LogP contribution in [0.25, 0.3) is 11.3 Å². The monoisotopic (exact) mass is 390 g/mol. The van der Waals surface area contributed by atoms with Gasteiger partial charge in [0.05, 0.1) is 18.4 Å². The normalized spacial score (nSPS) is 11.7. The molecule has 0 spiro atoms. The fourth-order valence-corrected chi connectivity index (χ4v) is 3.22. The Morgan fingerprint density at radius 1 is 1.00 bits per heavy atom. The van der Waals surface area contributed by atoms with Crippen LogP contribution in [0.1, 0.15) is 11.4 Å². The third-order valence-corrected chi connectivity index (χ3v) is 4.75. The summed E-state index contributed by atoms with van der Waals surface area (Å²) in [6.45, 7) is 3.35. The van der Waals surface area contributed by atoms with E-state index < -0.39 is 0 Å². The van der Waals surface area contributed by atoms with Gasteiger partial charge in [-0.25, -0.2) is 4.98 Å². The first-order valence-corrected chi connectivity index (χ1v) is 9.89. The number of rotatable bonds is 8. The molecule has 0 amide bonds. The maximum atomic E-state index is 4.52. The van der Waals surface area contributed by atoms with Gasteiger partial charge in [-0.15, -0.1) is 0 Å². The lowest BCUT2D eigenvalue weighted by Crippen LogP contribution is -2.41. The zero-order valence-electron chi connectivity index (χ0n) is 17.5. The first kappa shape index (κ1) is 20.6. The predicted octanol–water partition coefficient (Wildman–Crippen LogP) is 3.22. The van der Waals surface area contributed by atoms with Crippen LogP contribution in [-0.4, -0.2) is 60.0 Å². The number of likely N-dealkylation sites (N-methyl/N-ethyl adjacent to an activating group) is 1. The Labute approximate surface area is 173 Å². The van der Waals surface area contributed by atoms with E-state index in [1.165, 1.54) is 5.56 Å². The molecule has 0 atom stereocenters. The summed E-state index contributed by atoms with van der Waals surface area (Å²) in [5, 5.41) is 3.44. The number of hydrogen-bond donors (Lipinski definition) is 2. The summed E-state index contributed by atoms with van der Waals surface area (Å²) in [7, 11) is 5.97. The summed E-state index contributed by atoms with van der Waals surface area (Å²) in [5.74, 6) is 1.77. The number of guanidine groups is 1. The van der Waals surface area contributed by atoms with Crippen LogP contribution in [0, 0.1) is 0 Å². The van der Waals surface area contributed by atoms with E-state index in [0.29, 0.717) is 6.54 Å². The van der Waals surface area contributed by atoms with Crippen molar-refractivity contribution in [1.82, 2.24) is 25.1 Å². The molecule has 0 aliphatic heterocycles. The summed E-state index contributed by atoms with van der Waals surface area (Å²) in [6.07, 6.45) is 1.88. The van der Waals surface area contributed by atoms with Crippen molar-refractivity contribution >= 4 is 5.96 Å². The van der Waals surface area contributed by atoms with Crippen LogP contribution in [0.2, 0.25) is 0 Å². The van der Waals surface area contributed by atoms with Gasteiger partial charge >= 0.3 is 0 Å². The second-order valence-electron chi connectivity index (χ2n) is 7.16. The molecular formula is C23H30N6. The van der Waals surface area contributed by atoms with Crippen LogP contribution >= 0.6 is 0 Å². The Kier molecular flexibility index (Phi) is 7.41. The molecule has 0 aliphatic carbocycles. The molecule has 0 bridgehead atoms. The van der Waals surface area contributed by atoms with E-state index in [1.54, 1.807) is 0 Å². The number of aromatic amines is 1. The van der Waals surface area contributed by atoms with Crippen LogP contribution in [-0.2, 0) is 13.1 Å². The van der Waals surface area contributed by atoms with E-state index in [4.69, 9.17) is 0 Å². The fourth-order valence-electron chi connectivity index (χ4n) is 3.22. The molecule has 2 aromatic carbocycles. The highest BCUT2D eigenvalue weighted by Gasteiger charge is 2.10. The zero-order chi connectivity index (χ0) is 20.5. The van der Waals surface area contributed by atoms with Crippen molar-refractivity contribution in [2.75, 3.05) is 34.2 Å². The third kappa shape index (κ3) is 6.19. The zero-order valence-corrected chi connectivity index (χ0v) is 17.5. The molecule has 6 nitrogen and oxygen atoms in total. The highest BCUT2D eigenvalue weighted by molar-refractivity contribution is 5.79. The molecule has 29 heavy (non-hydrogen) atoms. The van der Waals surface area contributed by atoms with Gasteiger partial charge in [-0.05, 0) is 18.2 Å². The van der Waals surface area contributed by atoms with Gasteiger partial charge in [-0.3, -0.25) is 4.99 Å². The van der Waals surface area contributed by atoms with Crippen molar-refractivity contribution < 1.29 is 0 Å². The van der Waals surface area contributed by atoms with Gasteiger partial charge < -0.3 is 20.1 Å². The van der Waals surface area contributed by atoms with E-state index in [0.717, 1.165) is 42.7 Å². The van der Waals surface area contributed by atoms with E-state index >= 15 is 0 Å². The molecule has 0 fully saturated rings. The minimum atomic E-state index is 0.659. The Morgan fingerprint density at radius 3 is 2.38 bits per heavy atom. The molecule has 0 aliphatic rings. The van der Waals surface area contributed by atoms with Gasteiger partial charge in [0.1, 0.15) is 5.82 Å². The van der Waals surface area contributed by atoms with Crippen molar-refractivity contribution in [3.63, 3.8) is 0 Å². The Bertz CT molecular complexity index is 888. The van der Waals surface area contributed by atoms with Gasteiger partial charge in [-0.1, -0.05) is 60.7 Å². The lowest BCUT2D eigenvalue weighted by molar-refractivity contribution is 0.328. The summed E-state index contributed by atoms with van der Waals surface area (Å²) in [4.78, 5) is 16.7. The second kappa shape index (κ2) is 10.4.